The maximum atomic E-state index is 13.3. The second kappa shape index (κ2) is 8.71. The monoisotopic (exact) mass is 425 g/mol. The lowest BCUT2D eigenvalue weighted by molar-refractivity contribution is 0.0878. The maximum absolute atomic E-state index is 13.3. The van der Waals surface area contributed by atoms with Gasteiger partial charge in [-0.1, -0.05) is 6.92 Å². The molecule has 9 heteroatoms. The number of rotatable bonds is 5. The summed E-state index contributed by atoms with van der Waals surface area (Å²) in [5.41, 5.74) is 1.75. The number of fused-ring (bicyclic) bond motifs is 1. The smallest absolute Gasteiger partial charge is 0.407 e. The standard InChI is InChI=1S/C22H24FN5O3/c1-2-19(14-7-9-27(10-8-14)22(30)31)26-21(29)18-11-24-13-20-17(18)12-25-28(20)16-5-3-15(23)4-6-16/h3-6,11-14,19H,2,7-10H2,1H3,(H,26,29)(H,30,31). The molecule has 162 valence electrons. The van der Waals surface area contributed by atoms with Crippen LogP contribution in [-0.4, -0.2) is 55.9 Å². The van der Waals surface area contributed by atoms with E-state index in [9.17, 15) is 14.0 Å². The number of piperidine rings is 1. The Morgan fingerprint density at radius 3 is 2.55 bits per heavy atom. The van der Waals surface area contributed by atoms with Gasteiger partial charge in [0.15, 0.2) is 0 Å². The molecule has 4 rings (SSSR count). The number of hydrogen-bond acceptors (Lipinski definition) is 4. The van der Waals surface area contributed by atoms with Crippen molar-refractivity contribution in [3.63, 3.8) is 0 Å². The normalized spacial score (nSPS) is 15.7. The third-order valence-corrected chi connectivity index (χ3v) is 5.95. The largest absolute Gasteiger partial charge is 0.465 e. The van der Waals surface area contributed by atoms with Gasteiger partial charge in [-0.15, -0.1) is 0 Å². The van der Waals surface area contributed by atoms with Crippen molar-refractivity contribution in [3.05, 3.63) is 54.2 Å². The van der Waals surface area contributed by atoms with Gasteiger partial charge >= 0.3 is 6.09 Å². The molecule has 1 aliphatic rings. The van der Waals surface area contributed by atoms with Crippen molar-refractivity contribution in [2.24, 2.45) is 5.92 Å². The fraction of sp³-hybridized carbons (Fsp3) is 0.364. The van der Waals surface area contributed by atoms with E-state index < -0.39 is 6.09 Å². The number of carbonyl (C=O) groups is 2. The van der Waals surface area contributed by atoms with Gasteiger partial charge in [-0.2, -0.15) is 5.10 Å². The molecule has 2 aromatic heterocycles. The van der Waals surface area contributed by atoms with E-state index in [1.807, 2.05) is 6.92 Å². The summed E-state index contributed by atoms with van der Waals surface area (Å²) in [6.07, 6.45) is 6.05. The average molecular weight is 425 g/mol. The molecule has 1 aliphatic heterocycles. The van der Waals surface area contributed by atoms with E-state index in [1.165, 1.54) is 23.2 Å². The Hall–Kier alpha value is -3.49. The lowest BCUT2D eigenvalue weighted by Crippen LogP contribution is -2.46. The number of amides is 2. The lowest BCUT2D eigenvalue weighted by Gasteiger charge is -2.34. The van der Waals surface area contributed by atoms with Gasteiger partial charge in [0.25, 0.3) is 5.91 Å². The molecule has 31 heavy (non-hydrogen) atoms. The topological polar surface area (TPSA) is 100 Å². The Bertz CT molecular complexity index is 1090. The van der Waals surface area contributed by atoms with Crippen molar-refractivity contribution in [2.45, 2.75) is 32.2 Å². The van der Waals surface area contributed by atoms with E-state index in [0.717, 1.165) is 19.3 Å². The van der Waals surface area contributed by atoms with Crippen LogP contribution in [0.25, 0.3) is 16.6 Å². The number of benzene rings is 1. The zero-order valence-electron chi connectivity index (χ0n) is 17.2. The molecule has 0 aliphatic carbocycles. The van der Waals surface area contributed by atoms with Crippen LogP contribution in [0.4, 0.5) is 9.18 Å². The third kappa shape index (κ3) is 4.21. The summed E-state index contributed by atoms with van der Waals surface area (Å²) >= 11 is 0. The molecular weight excluding hydrogens is 401 g/mol. The van der Waals surface area contributed by atoms with E-state index in [0.29, 0.717) is 35.2 Å². The van der Waals surface area contributed by atoms with Crippen LogP contribution in [0.1, 0.15) is 36.5 Å². The summed E-state index contributed by atoms with van der Waals surface area (Å²) in [7, 11) is 0. The van der Waals surface area contributed by atoms with E-state index >= 15 is 0 Å². The lowest BCUT2D eigenvalue weighted by atomic mass is 9.88. The van der Waals surface area contributed by atoms with Crippen molar-refractivity contribution < 1.29 is 19.1 Å². The molecule has 3 aromatic rings. The third-order valence-electron chi connectivity index (χ3n) is 5.95. The SMILES string of the molecule is CCC(NC(=O)c1cncc2c1cnn2-c1ccc(F)cc1)C1CCN(C(=O)O)CC1. The highest BCUT2D eigenvalue weighted by Gasteiger charge is 2.29. The minimum atomic E-state index is -0.897. The van der Waals surface area contributed by atoms with Gasteiger partial charge < -0.3 is 15.3 Å². The van der Waals surface area contributed by atoms with Crippen LogP contribution in [0.3, 0.4) is 0 Å². The van der Waals surface area contributed by atoms with Crippen molar-refractivity contribution in [1.29, 1.82) is 0 Å². The number of carboxylic acid groups (broad SMARTS) is 1. The van der Waals surface area contributed by atoms with Crippen LogP contribution in [0, 0.1) is 11.7 Å². The molecule has 1 aromatic carbocycles. The zero-order valence-corrected chi connectivity index (χ0v) is 17.2. The molecule has 2 amide bonds. The number of halogens is 1. The molecule has 1 fully saturated rings. The highest BCUT2D eigenvalue weighted by Crippen LogP contribution is 2.25. The van der Waals surface area contributed by atoms with Crippen molar-refractivity contribution in [3.8, 4) is 5.69 Å². The fourth-order valence-corrected chi connectivity index (χ4v) is 4.20. The summed E-state index contributed by atoms with van der Waals surface area (Å²) in [5.74, 6) is -0.346. The van der Waals surface area contributed by atoms with Gasteiger partial charge in [-0.05, 0) is 49.4 Å². The van der Waals surface area contributed by atoms with Crippen molar-refractivity contribution in [2.75, 3.05) is 13.1 Å². The molecule has 1 unspecified atom stereocenters. The van der Waals surface area contributed by atoms with Crippen LogP contribution in [-0.2, 0) is 0 Å². The highest BCUT2D eigenvalue weighted by atomic mass is 19.1. The number of hydrogen-bond donors (Lipinski definition) is 2. The van der Waals surface area contributed by atoms with Crippen LogP contribution in [0.5, 0.6) is 0 Å². The number of pyridine rings is 1. The first-order valence-electron chi connectivity index (χ1n) is 10.3. The zero-order chi connectivity index (χ0) is 22.0. The Morgan fingerprint density at radius 2 is 1.90 bits per heavy atom. The van der Waals surface area contributed by atoms with Crippen LogP contribution < -0.4 is 5.32 Å². The van der Waals surface area contributed by atoms with Gasteiger partial charge in [-0.3, -0.25) is 9.78 Å². The first-order chi connectivity index (χ1) is 15.0. The average Bonchev–Trinajstić information content (AvgIpc) is 3.22. The van der Waals surface area contributed by atoms with Gasteiger partial charge in [0.05, 0.1) is 29.2 Å². The molecule has 8 nitrogen and oxygen atoms in total. The molecule has 2 N–H and O–H groups in total. The Kier molecular flexibility index (Phi) is 5.83. The molecule has 1 atom stereocenters. The van der Waals surface area contributed by atoms with Gasteiger partial charge in [0.1, 0.15) is 5.82 Å². The predicted octanol–water partition coefficient (Wildman–Crippen LogP) is 3.46. The maximum Gasteiger partial charge on any atom is 0.407 e. The van der Waals surface area contributed by atoms with E-state index in [1.54, 1.807) is 29.2 Å². The summed E-state index contributed by atoms with van der Waals surface area (Å²) in [4.78, 5) is 29.9. The first-order valence-corrected chi connectivity index (χ1v) is 10.3. The number of carbonyl (C=O) groups excluding carboxylic acids is 1. The molecule has 0 bridgehead atoms. The van der Waals surface area contributed by atoms with Gasteiger partial charge in [0, 0.05) is 30.7 Å². The number of nitrogens with one attached hydrogen (secondary N) is 1. The first kappa shape index (κ1) is 20.8. The number of likely N-dealkylation sites (tertiary alicyclic amines) is 1. The molecule has 0 spiro atoms. The van der Waals surface area contributed by atoms with Crippen LogP contribution in [0.15, 0.2) is 42.9 Å². The van der Waals surface area contributed by atoms with Crippen molar-refractivity contribution in [1.82, 2.24) is 25.0 Å². The minimum Gasteiger partial charge on any atom is -0.465 e. The molecular formula is C22H24FN5O3. The molecule has 3 heterocycles. The van der Waals surface area contributed by atoms with E-state index in [4.69, 9.17) is 5.11 Å². The Labute approximate surface area is 178 Å². The predicted molar refractivity (Wildman–Crippen MR) is 113 cm³/mol. The van der Waals surface area contributed by atoms with E-state index in [-0.39, 0.29) is 23.7 Å². The number of nitrogens with zero attached hydrogens (tertiary/aromatic N) is 4. The number of aromatic nitrogens is 3. The van der Waals surface area contributed by atoms with Gasteiger partial charge in [-0.25, -0.2) is 13.9 Å². The minimum absolute atomic E-state index is 0.0501. The Balaban J connectivity index is 1.54. The van der Waals surface area contributed by atoms with E-state index in [2.05, 4.69) is 15.4 Å². The molecule has 0 radical (unpaired) electrons. The Morgan fingerprint density at radius 1 is 1.19 bits per heavy atom. The highest BCUT2D eigenvalue weighted by molar-refractivity contribution is 6.06. The van der Waals surface area contributed by atoms with Crippen LogP contribution in [0.2, 0.25) is 0 Å². The summed E-state index contributed by atoms with van der Waals surface area (Å²) < 4.78 is 14.9. The summed E-state index contributed by atoms with van der Waals surface area (Å²) in [5, 5.41) is 17.3. The quantitative estimate of drug-likeness (QED) is 0.652. The van der Waals surface area contributed by atoms with Crippen molar-refractivity contribution >= 4 is 22.9 Å². The summed E-state index contributed by atoms with van der Waals surface area (Å²) in [6.45, 7) is 2.97. The fourth-order valence-electron chi connectivity index (χ4n) is 4.20. The molecule has 1 saturated heterocycles. The second-order valence-corrected chi connectivity index (χ2v) is 7.75. The second-order valence-electron chi connectivity index (χ2n) is 7.75. The van der Waals surface area contributed by atoms with Gasteiger partial charge in [0.2, 0.25) is 0 Å². The molecule has 0 saturated carbocycles. The summed E-state index contributed by atoms with van der Waals surface area (Å²) in [6, 6.07) is 5.89. The van der Waals surface area contributed by atoms with Crippen LogP contribution >= 0.6 is 0 Å².